The lowest BCUT2D eigenvalue weighted by Crippen LogP contribution is -2.49. The second kappa shape index (κ2) is 13.2. The highest BCUT2D eigenvalue weighted by Gasteiger charge is 2.33. The van der Waals surface area contributed by atoms with Crippen molar-refractivity contribution in [2.24, 2.45) is 4.99 Å². The van der Waals surface area contributed by atoms with Crippen molar-refractivity contribution in [2.75, 3.05) is 46.9 Å². The van der Waals surface area contributed by atoms with E-state index in [1.807, 2.05) is 45.5 Å². The van der Waals surface area contributed by atoms with E-state index in [2.05, 4.69) is 4.99 Å². The molecule has 2 saturated heterocycles. The second-order valence-electron chi connectivity index (χ2n) is 9.24. The summed E-state index contributed by atoms with van der Waals surface area (Å²) in [7, 11) is 3.14. The lowest BCUT2D eigenvalue weighted by Gasteiger charge is -2.35. The van der Waals surface area contributed by atoms with Crippen molar-refractivity contribution in [1.82, 2.24) is 14.7 Å². The van der Waals surface area contributed by atoms with Gasteiger partial charge in [0, 0.05) is 44.0 Å². The molecule has 3 amide bonds. The zero-order chi connectivity index (χ0) is 28.9. The van der Waals surface area contributed by atoms with Crippen LogP contribution in [0.15, 0.2) is 50.5 Å². The van der Waals surface area contributed by atoms with E-state index in [0.29, 0.717) is 76.4 Å². The Balaban J connectivity index is 1.08. The molecule has 0 atom stereocenters. The van der Waals surface area contributed by atoms with Gasteiger partial charge < -0.3 is 19.3 Å². The molecule has 0 N–H and O–H groups in total. The Hall–Kier alpha value is -3.13. The molecule has 2 aromatic rings. The lowest BCUT2D eigenvalue weighted by molar-refractivity contribution is -0.133. The van der Waals surface area contributed by atoms with Crippen LogP contribution in [0.4, 0.5) is 0 Å². The Morgan fingerprint density at radius 3 is 2.51 bits per heavy atom. The van der Waals surface area contributed by atoms with Gasteiger partial charge in [0.1, 0.15) is 4.32 Å². The Bertz CT molecular complexity index is 1450. The number of ether oxygens (including phenoxy) is 2. The normalized spacial score (nSPS) is 19.5. The Morgan fingerprint density at radius 1 is 1.02 bits per heavy atom. The van der Waals surface area contributed by atoms with Crippen LogP contribution in [0.3, 0.4) is 0 Å². The van der Waals surface area contributed by atoms with Gasteiger partial charge in [-0.05, 0) is 59.5 Å². The molecule has 2 fully saturated rings. The van der Waals surface area contributed by atoms with Crippen LogP contribution in [-0.4, -0.2) is 88.9 Å². The van der Waals surface area contributed by atoms with E-state index in [0.717, 1.165) is 10.4 Å². The number of hydrogen-bond acceptors (Lipinski definition) is 10. The van der Waals surface area contributed by atoms with Crippen LogP contribution in [0, 0.1) is 0 Å². The fraction of sp³-hybridized carbons (Fsp3) is 0.321. The van der Waals surface area contributed by atoms with Crippen molar-refractivity contribution >= 4 is 86.4 Å². The van der Waals surface area contributed by atoms with Gasteiger partial charge in [-0.1, -0.05) is 36.1 Å². The highest BCUT2D eigenvalue weighted by atomic mass is 32.2. The minimum Gasteiger partial charge on any atom is -0.493 e. The summed E-state index contributed by atoms with van der Waals surface area (Å²) in [5.41, 5.74) is 0.815. The van der Waals surface area contributed by atoms with Crippen LogP contribution in [-0.2, 0) is 14.4 Å². The van der Waals surface area contributed by atoms with Crippen molar-refractivity contribution in [3.8, 4) is 11.5 Å². The fourth-order valence-corrected chi connectivity index (χ4v) is 7.51. The maximum absolute atomic E-state index is 12.9. The molecule has 0 saturated carbocycles. The summed E-state index contributed by atoms with van der Waals surface area (Å²) in [6.07, 6.45) is 4.54. The van der Waals surface area contributed by atoms with Crippen molar-refractivity contribution in [1.29, 1.82) is 0 Å². The quantitative estimate of drug-likeness (QED) is 0.308. The molecule has 5 rings (SSSR count). The molecule has 0 unspecified atom stereocenters. The summed E-state index contributed by atoms with van der Waals surface area (Å²) in [6, 6.07) is 9.37. The third-order valence-electron chi connectivity index (χ3n) is 6.68. The molecule has 1 aromatic heterocycles. The van der Waals surface area contributed by atoms with Gasteiger partial charge >= 0.3 is 0 Å². The first-order valence-electron chi connectivity index (χ1n) is 12.9. The van der Waals surface area contributed by atoms with Gasteiger partial charge in [-0.25, -0.2) is 0 Å². The fourth-order valence-electron chi connectivity index (χ4n) is 4.52. The van der Waals surface area contributed by atoms with Crippen LogP contribution in [0.1, 0.15) is 23.3 Å². The largest absolute Gasteiger partial charge is 0.493 e. The number of methoxy groups -OCH3 is 2. The molecular weight excluding hydrogens is 601 g/mol. The number of thiocarbonyl (C=S) groups is 1. The number of carbonyl (C=O) groups is 3. The van der Waals surface area contributed by atoms with E-state index in [1.165, 1.54) is 23.5 Å². The first-order chi connectivity index (χ1) is 19.9. The molecule has 41 heavy (non-hydrogen) atoms. The number of hydrogen-bond donors (Lipinski definition) is 0. The van der Waals surface area contributed by atoms with E-state index in [1.54, 1.807) is 42.6 Å². The monoisotopic (exact) mass is 628 g/mol. The van der Waals surface area contributed by atoms with E-state index in [9.17, 15) is 14.4 Å². The van der Waals surface area contributed by atoms with Crippen molar-refractivity contribution in [2.45, 2.75) is 12.8 Å². The Morgan fingerprint density at radius 2 is 1.80 bits per heavy atom. The molecule has 1 aromatic carbocycles. The number of nitrogens with zero attached hydrogens (tertiary/aromatic N) is 4. The predicted molar refractivity (Wildman–Crippen MR) is 169 cm³/mol. The number of amides is 3. The van der Waals surface area contributed by atoms with E-state index in [-0.39, 0.29) is 17.7 Å². The standard InChI is InChI=1S/C28H28N4O5S4/c1-36-20-8-7-18(15-21(20)37-2)16-22-25(34)29-27(40-22)31-12-10-30(11-13-31)24(33)6-3-9-32-26(35)23(41-28(32)38)17-19-5-4-14-39-19/h4-5,7-8,14-17H,3,6,9-13H2,1-2H3. The zero-order valence-corrected chi connectivity index (χ0v) is 25.8. The van der Waals surface area contributed by atoms with Gasteiger partial charge in [-0.15, -0.1) is 11.3 Å². The van der Waals surface area contributed by atoms with Crippen LogP contribution < -0.4 is 9.47 Å². The average molecular weight is 629 g/mol. The minimum atomic E-state index is -0.279. The Kier molecular flexibility index (Phi) is 9.48. The first kappa shape index (κ1) is 29.4. The third-order valence-corrected chi connectivity index (χ3v) is 9.92. The van der Waals surface area contributed by atoms with E-state index >= 15 is 0 Å². The lowest BCUT2D eigenvalue weighted by atomic mass is 10.2. The number of aliphatic imine (C=N–C) groups is 1. The van der Waals surface area contributed by atoms with Crippen molar-refractivity contribution in [3.05, 3.63) is 56.0 Å². The molecule has 0 radical (unpaired) electrons. The molecule has 4 heterocycles. The SMILES string of the molecule is COc1ccc(C=C2SC(N3CCN(C(=O)CCCN4C(=O)C(=Cc5cccs5)SC4=S)CC3)=NC2=O)cc1OC. The molecule has 13 heteroatoms. The highest BCUT2D eigenvalue weighted by molar-refractivity contribution is 8.26. The van der Waals surface area contributed by atoms with Gasteiger partial charge in [0.2, 0.25) is 5.91 Å². The number of rotatable bonds is 8. The maximum atomic E-state index is 12.9. The number of piperazine rings is 1. The van der Waals surface area contributed by atoms with Gasteiger partial charge in [0.25, 0.3) is 11.8 Å². The summed E-state index contributed by atoms with van der Waals surface area (Å²) in [5, 5.41) is 2.62. The number of thioether (sulfide) groups is 2. The first-order valence-corrected chi connectivity index (χ1v) is 15.8. The maximum Gasteiger partial charge on any atom is 0.286 e. The molecular formula is C28H28N4O5S4. The zero-order valence-electron chi connectivity index (χ0n) is 22.5. The van der Waals surface area contributed by atoms with E-state index < -0.39 is 0 Å². The number of thiophene rings is 1. The van der Waals surface area contributed by atoms with Gasteiger partial charge in [0.05, 0.1) is 24.0 Å². The number of carbonyl (C=O) groups excluding carboxylic acids is 3. The molecule has 0 spiro atoms. The molecule has 3 aliphatic rings. The molecule has 214 valence electrons. The summed E-state index contributed by atoms with van der Waals surface area (Å²) in [4.78, 5) is 50.1. The Labute approximate surface area is 256 Å². The number of benzene rings is 1. The van der Waals surface area contributed by atoms with Crippen molar-refractivity contribution < 1.29 is 23.9 Å². The predicted octanol–water partition coefficient (Wildman–Crippen LogP) is 4.56. The summed E-state index contributed by atoms with van der Waals surface area (Å²) in [6.45, 7) is 2.70. The highest BCUT2D eigenvalue weighted by Crippen LogP contribution is 2.35. The molecule has 3 aliphatic heterocycles. The molecule has 0 aliphatic carbocycles. The molecule has 0 bridgehead atoms. The van der Waals surface area contributed by atoms with Gasteiger partial charge in [0.15, 0.2) is 16.7 Å². The summed E-state index contributed by atoms with van der Waals surface area (Å²) < 4.78 is 11.2. The smallest absolute Gasteiger partial charge is 0.286 e. The minimum absolute atomic E-state index is 0.0512. The van der Waals surface area contributed by atoms with Gasteiger partial charge in [-0.3, -0.25) is 19.3 Å². The number of amidine groups is 1. The van der Waals surface area contributed by atoms with E-state index in [4.69, 9.17) is 21.7 Å². The summed E-state index contributed by atoms with van der Waals surface area (Å²) in [5.74, 6) is 0.879. The molecule has 9 nitrogen and oxygen atoms in total. The van der Waals surface area contributed by atoms with Crippen LogP contribution >= 0.6 is 47.1 Å². The average Bonchev–Trinajstić information content (AvgIpc) is 3.69. The third kappa shape index (κ3) is 6.85. The van der Waals surface area contributed by atoms with Crippen LogP contribution in [0.25, 0.3) is 12.2 Å². The van der Waals surface area contributed by atoms with Gasteiger partial charge in [-0.2, -0.15) is 4.99 Å². The van der Waals surface area contributed by atoms with Crippen LogP contribution in [0.5, 0.6) is 11.5 Å². The summed E-state index contributed by atoms with van der Waals surface area (Å²) >= 11 is 9.63. The second-order valence-corrected chi connectivity index (χ2v) is 12.9. The van der Waals surface area contributed by atoms with Crippen LogP contribution in [0.2, 0.25) is 0 Å². The topological polar surface area (TPSA) is 91.8 Å². The van der Waals surface area contributed by atoms with Crippen molar-refractivity contribution in [3.63, 3.8) is 0 Å².